The van der Waals surface area contributed by atoms with Crippen LogP contribution in [0, 0.1) is 6.92 Å². The molecule has 0 fully saturated rings. The first-order valence-corrected chi connectivity index (χ1v) is 10.6. The molecule has 2 heterocycles. The Morgan fingerprint density at radius 2 is 1.81 bits per heavy atom. The van der Waals surface area contributed by atoms with Crippen molar-refractivity contribution in [3.63, 3.8) is 0 Å². The van der Waals surface area contributed by atoms with E-state index in [4.69, 9.17) is 0 Å². The molecule has 166 valence electrons. The standard InChI is InChI=1S/C22H20F3N5OS/c1-12(2)26-21-29-17(14-5-4-6-16(9-14)31-22(23,24)25)11-20(30-21)28-15-7-8-19-18(10-15)27-13(3)32-19/h4-12H,1-3H3,(H2,26,28,29,30). The summed E-state index contributed by atoms with van der Waals surface area (Å²) >= 11 is 1.61. The van der Waals surface area contributed by atoms with Gasteiger partial charge in [-0.3, -0.25) is 0 Å². The number of hydrogen-bond donors (Lipinski definition) is 2. The predicted molar refractivity (Wildman–Crippen MR) is 121 cm³/mol. The van der Waals surface area contributed by atoms with Crippen molar-refractivity contribution in [3.8, 4) is 17.0 Å². The number of nitrogens with one attached hydrogen (secondary N) is 2. The lowest BCUT2D eigenvalue weighted by Gasteiger charge is -2.14. The highest BCUT2D eigenvalue weighted by atomic mass is 32.1. The zero-order valence-corrected chi connectivity index (χ0v) is 18.3. The maximum absolute atomic E-state index is 12.6. The maximum atomic E-state index is 12.6. The summed E-state index contributed by atoms with van der Waals surface area (Å²) in [5.74, 6) is 0.533. The van der Waals surface area contributed by atoms with Crippen molar-refractivity contribution < 1.29 is 17.9 Å². The van der Waals surface area contributed by atoms with Gasteiger partial charge in [0.15, 0.2) is 0 Å². The molecule has 10 heteroatoms. The van der Waals surface area contributed by atoms with Crippen LogP contribution in [0.3, 0.4) is 0 Å². The Hall–Kier alpha value is -3.40. The number of fused-ring (bicyclic) bond motifs is 1. The van der Waals surface area contributed by atoms with Crippen LogP contribution < -0.4 is 15.4 Å². The summed E-state index contributed by atoms with van der Waals surface area (Å²) in [5.41, 5.74) is 2.58. The van der Waals surface area contributed by atoms with Gasteiger partial charge < -0.3 is 15.4 Å². The molecule has 0 aliphatic carbocycles. The van der Waals surface area contributed by atoms with E-state index in [9.17, 15) is 13.2 Å². The molecular weight excluding hydrogens is 439 g/mol. The molecule has 0 radical (unpaired) electrons. The van der Waals surface area contributed by atoms with E-state index in [1.165, 1.54) is 18.2 Å². The predicted octanol–water partition coefficient (Wildman–Crippen LogP) is 6.52. The molecule has 2 aromatic heterocycles. The lowest BCUT2D eigenvalue weighted by molar-refractivity contribution is -0.274. The number of thiazole rings is 1. The number of aromatic nitrogens is 3. The third-order valence-corrected chi connectivity index (χ3v) is 5.23. The second-order valence-corrected chi connectivity index (χ2v) is 8.61. The average Bonchev–Trinajstić information content (AvgIpc) is 3.05. The Bertz CT molecular complexity index is 1260. The van der Waals surface area contributed by atoms with Crippen molar-refractivity contribution in [2.75, 3.05) is 10.6 Å². The lowest BCUT2D eigenvalue weighted by Crippen LogP contribution is -2.17. The zero-order chi connectivity index (χ0) is 22.9. The van der Waals surface area contributed by atoms with Crippen LogP contribution in [0.4, 0.5) is 30.6 Å². The van der Waals surface area contributed by atoms with Crippen LogP contribution in [-0.4, -0.2) is 27.4 Å². The van der Waals surface area contributed by atoms with Crippen LogP contribution in [0.15, 0.2) is 48.5 Å². The highest BCUT2D eigenvalue weighted by Crippen LogP contribution is 2.30. The smallest absolute Gasteiger partial charge is 0.406 e. The molecule has 0 aliphatic rings. The van der Waals surface area contributed by atoms with Crippen LogP contribution >= 0.6 is 11.3 Å². The third-order valence-electron chi connectivity index (χ3n) is 4.27. The monoisotopic (exact) mass is 459 g/mol. The highest BCUT2D eigenvalue weighted by Gasteiger charge is 2.31. The van der Waals surface area contributed by atoms with E-state index >= 15 is 0 Å². The molecule has 4 aromatic rings. The lowest BCUT2D eigenvalue weighted by atomic mass is 10.1. The summed E-state index contributed by atoms with van der Waals surface area (Å²) < 4.78 is 43.0. The van der Waals surface area contributed by atoms with Crippen molar-refractivity contribution in [1.82, 2.24) is 15.0 Å². The number of ether oxygens (including phenoxy) is 1. The van der Waals surface area contributed by atoms with Crippen molar-refractivity contribution in [2.24, 2.45) is 0 Å². The highest BCUT2D eigenvalue weighted by molar-refractivity contribution is 7.18. The molecule has 4 rings (SSSR count). The SMILES string of the molecule is Cc1nc2cc(Nc3cc(-c4cccc(OC(F)(F)F)c4)nc(NC(C)C)n3)ccc2s1. The van der Waals surface area contributed by atoms with E-state index in [-0.39, 0.29) is 11.8 Å². The van der Waals surface area contributed by atoms with Crippen LogP contribution in [0.5, 0.6) is 5.75 Å². The quantitative estimate of drug-likeness (QED) is 0.342. The summed E-state index contributed by atoms with van der Waals surface area (Å²) in [6, 6.07) is 13.3. The summed E-state index contributed by atoms with van der Waals surface area (Å²) in [7, 11) is 0. The normalized spacial score (nSPS) is 11.7. The molecule has 0 aliphatic heterocycles. The second-order valence-electron chi connectivity index (χ2n) is 7.38. The van der Waals surface area contributed by atoms with Gasteiger partial charge in [-0.25, -0.2) is 9.97 Å². The minimum atomic E-state index is -4.77. The van der Waals surface area contributed by atoms with Gasteiger partial charge in [-0.2, -0.15) is 4.98 Å². The fourth-order valence-corrected chi connectivity index (χ4v) is 3.91. The van der Waals surface area contributed by atoms with E-state index in [2.05, 4.69) is 30.3 Å². The number of rotatable bonds is 6. The van der Waals surface area contributed by atoms with Crippen LogP contribution in [0.2, 0.25) is 0 Å². The average molecular weight is 459 g/mol. The molecule has 32 heavy (non-hydrogen) atoms. The Morgan fingerprint density at radius 1 is 1.00 bits per heavy atom. The number of anilines is 3. The number of halogens is 3. The van der Waals surface area contributed by atoms with Gasteiger partial charge in [-0.1, -0.05) is 12.1 Å². The largest absolute Gasteiger partial charge is 0.573 e. The summed E-state index contributed by atoms with van der Waals surface area (Å²) in [6.45, 7) is 5.84. The molecule has 0 atom stereocenters. The molecular formula is C22H20F3N5OS. The van der Waals surface area contributed by atoms with Crippen molar-refractivity contribution >= 4 is 39.0 Å². The van der Waals surface area contributed by atoms with Crippen molar-refractivity contribution in [3.05, 3.63) is 53.5 Å². The fourth-order valence-electron chi connectivity index (χ4n) is 3.10. The minimum absolute atomic E-state index is 0.0623. The van der Waals surface area contributed by atoms with E-state index in [0.29, 0.717) is 23.0 Å². The molecule has 0 saturated carbocycles. The Morgan fingerprint density at radius 3 is 2.56 bits per heavy atom. The number of hydrogen-bond acceptors (Lipinski definition) is 7. The van der Waals surface area contributed by atoms with Gasteiger partial charge >= 0.3 is 6.36 Å². The van der Waals surface area contributed by atoms with E-state index in [0.717, 1.165) is 20.9 Å². The van der Waals surface area contributed by atoms with Gasteiger partial charge in [0.25, 0.3) is 0 Å². The number of nitrogens with zero attached hydrogens (tertiary/aromatic N) is 3. The van der Waals surface area contributed by atoms with Gasteiger partial charge in [0.05, 0.1) is 20.9 Å². The Kier molecular flexibility index (Phi) is 5.88. The molecule has 0 unspecified atom stereocenters. The summed E-state index contributed by atoms with van der Waals surface area (Å²) in [6.07, 6.45) is -4.77. The van der Waals surface area contributed by atoms with Gasteiger partial charge in [0, 0.05) is 23.4 Å². The maximum Gasteiger partial charge on any atom is 0.573 e. The number of alkyl halides is 3. The second kappa shape index (κ2) is 8.62. The van der Waals surface area contributed by atoms with Gasteiger partial charge in [-0.15, -0.1) is 24.5 Å². The summed E-state index contributed by atoms with van der Waals surface area (Å²) in [5, 5.41) is 7.36. The summed E-state index contributed by atoms with van der Waals surface area (Å²) in [4.78, 5) is 13.5. The molecule has 2 aromatic carbocycles. The molecule has 0 bridgehead atoms. The number of benzene rings is 2. The third kappa shape index (κ3) is 5.44. The first kappa shape index (κ1) is 21.8. The van der Waals surface area contributed by atoms with Crippen molar-refractivity contribution in [1.29, 1.82) is 0 Å². The fraction of sp³-hybridized carbons (Fsp3) is 0.227. The topological polar surface area (TPSA) is 72.0 Å². The molecule has 0 amide bonds. The number of aryl methyl sites for hydroxylation is 1. The zero-order valence-electron chi connectivity index (χ0n) is 17.5. The van der Waals surface area contributed by atoms with Crippen LogP contribution in [0.1, 0.15) is 18.9 Å². The molecule has 0 saturated heterocycles. The Labute approximate surface area is 186 Å². The molecule has 6 nitrogen and oxygen atoms in total. The van der Waals surface area contributed by atoms with Crippen LogP contribution in [-0.2, 0) is 0 Å². The Balaban J connectivity index is 1.70. The first-order chi connectivity index (χ1) is 15.1. The van der Waals surface area contributed by atoms with Gasteiger partial charge in [0.1, 0.15) is 11.6 Å². The minimum Gasteiger partial charge on any atom is -0.406 e. The first-order valence-electron chi connectivity index (χ1n) is 9.81. The van der Waals surface area contributed by atoms with Crippen molar-refractivity contribution in [2.45, 2.75) is 33.2 Å². The van der Waals surface area contributed by atoms with Gasteiger partial charge in [0.2, 0.25) is 5.95 Å². The van der Waals surface area contributed by atoms with E-state index < -0.39 is 6.36 Å². The molecule has 2 N–H and O–H groups in total. The van der Waals surface area contributed by atoms with Crippen LogP contribution in [0.25, 0.3) is 21.5 Å². The molecule has 0 spiro atoms. The van der Waals surface area contributed by atoms with E-state index in [1.54, 1.807) is 23.5 Å². The van der Waals surface area contributed by atoms with Gasteiger partial charge in [-0.05, 0) is 51.1 Å². The van der Waals surface area contributed by atoms with E-state index in [1.807, 2.05) is 39.0 Å².